The third kappa shape index (κ3) is 4.91. The van der Waals surface area contributed by atoms with Gasteiger partial charge >= 0.3 is 11.1 Å². The van der Waals surface area contributed by atoms with E-state index in [1.54, 1.807) is 39.8 Å². The zero-order valence-electron chi connectivity index (χ0n) is 23.4. The minimum absolute atomic E-state index is 0.00501. The second-order valence-corrected chi connectivity index (χ2v) is 11.6. The maximum absolute atomic E-state index is 14.0. The van der Waals surface area contributed by atoms with Crippen molar-refractivity contribution < 1.29 is 4.79 Å². The van der Waals surface area contributed by atoms with Crippen LogP contribution in [-0.4, -0.2) is 33.0 Å². The number of nitrogens with zero attached hydrogens (tertiary/aromatic N) is 4. The molecule has 1 amide bonds. The quantitative estimate of drug-likeness (QED) is 0.254. The summed E-state index contributed by atoms with van der Waals surface area (Å²) in [6.45, 7) is 10.9. The summed E-state index contributed by atoms with van der Waals surface area (Å²) < 4.78 is 3.03. The van der Waals surface area contributed by atoms with E-state index in [0.717, 1.165) is 17.7 Å². The van der Waals surface area contributed by atoms with Crippen molar-refractivity contribution in [3.63, 3.8) is 0 Å². The molecule has 1 aliphatic carbocycles. The molecule has 210 valence electrons. The topological polar surface area (TPSA) is 114 Å². The van der Waals surface area contributed by atoms with E-state index in [0.29, 0.717) is 51.5 Å². The minimum atomic E-state index is -0.646. The van der Waals surface area contributed by atoms with Crippen molar-refractivity contribution >= 4 is 39.9 Å². The van der Waals surface area contributed by atoms with E-state index in [4.69, 9.17) is 17.3 Å². The van der Waals surface area contributed by atoms with Gasteiger partial charge < -0.3 is 15.2 Å². The molecule has 0 bridgehead atoms. The van der Waals surface area contributed by atoms with Crippen LogP contribution in [0.4, 0.5) is 5.69 Å². The third-order valence-electron chi connectivity index (χ3n) is 8.12. The van der Waals surface area contributed by atoms with Gasteiger partial charge in [-0.25, -0.2) is 0 Å². The Labute approximate surface area is 243 Å². The fourth-order valence-corrected chi connectivity index (χ4v) is 6.21. The molecule has 2 heterocycles. The standard InChI is InChI=1S/C32H32ClN5O3/c1-5-29(39)36-15-20(16-36)17-37-27-13-26(33)25(24-11-22(35)10-9-21(24)14-34)12-28(27)38(32(41)31(37)40)30-19(4)7-6-8-23(30)18(2)3/h5-7,9-13,18,20,23H,1,8,15-17,35H2,2-4H3/t23-/m1/s1. The number of allylic oxidation sites excluding steroid dienone is 4. The number of aromatic nitrogens is 2. The Morgan fingerprint density at radius 2 is 1.90 bits per heavy atom. The number of amides is 1. The lowest BCUT2D eigenvalue weighted by molar-refractivity contribution is -0.132. The van der Waals surface area contributed by atoms with Crippen LogP contribution in [0.2, 0.25) is 5.02 Å². The number of nitrogen functional groups attached to an aromatic ring is 1. The first-order chi connectivity index (χ1) is 19.5. The monoisotopic (exact) mass is 569 g/mol. The first-order valence-electron chi connectivity index (χ1n) is 13.6. The van der Waals surface area contributed by atoms with Gasteiger partial charge in [0.2, 0.25) is 5.91 Å². The van der Waals surface area contributed by atoms with Crippen LogP contribution in [0.5, 0.6) is 0 Å². The summed E-state index contributed by atoms with van der Waals surface area (Å²) in [7, 11) is 0. The summed E-state index contributed by atoms with van der Waals surface area (Å²) in [4.78, 5) is 41.4. The summed E-state index contributed by atoms with van der Waals surface area (Å²) >= 11 is 6.86. The molecule has 1 aromatic heterocycles. The number of halogens is 1. The third-order valence-corrected chi connectivity index (χ3v) is 8.44. The van der Waals surface area contributed by atoms with Gasteiger partial charge in [0, 0.05) is 54.0 Å². The van der Waals surface area contributed by atoms with E-state index in [1.807, 2.05) is 13.0 Å². The Morgan fingerprint density at radius 1 is 1.17 bits per heavy atom. The molecular formula is C32H32ClN5O3. The van der Waals surface area contributed by atoms with E-state index < -0.39 is 11.1 Å². The van der Waals surface area contributed by atoms with Crippen molar-refractivity contribution in [3.8, 4) is 17.2 Å². The number of hydrogen-bond acceptors (Lipinski definition) is 5. The summed E-state index contributed by atoms with van der Waals surface area (Å²) in [5.41, 5.74) is 9.46. The minimum Gasteiger partial charge on any atom is -0.399 e. The lowest BCUT2D eigenvalue weighted by Crippen LogP contribution is -2.52. The highest BCUT2D eigenvalue weighted by Crippen LogP contribution is 2.39. The number of anilines is 1. The fourth-order valence-electron chi connectivity index (χ4n) is 5.95. The molecule has 9 heteroatoms. The Morgan fingerprint density at radius 3 is 2.56 bits per heavy atom. The molecule has 1 saturated heterocycles. The number of nitriles is 1. The number of hydrogen-bond donors (Lipinski definition) is 1. The predicted molar refractivity (Wildman–Crippen MR) is 163 cm³/mol. The number of carbonyl (C=O) groups is 1. The number of carbonyl (C=O) groups excluding carboxylic acids is 1. The smallest absolute Gasteiger partial charge is 0.321 e. The molecule has 1 atom stereocenters. The van der Waals surface area contributed by atoms with E-state index in [2.05, 4.69) is 32.6 Å². The summed E-state index contributed by atoms with van der Waals surface area (Å²) in [6.07, 6.45) is 6.09. The SMILES string of the molecule is C=CC(=O)N1CC(Cn2c(=O)c(=O)n(C3=C(C)C=CC[C@@H]3C(C)C)c3cc(-c4cc(N)ccc4C#N)c(Cl)cc32)C1. The molecule has 0 spiro atoms. The van der Waals surface area contributed by atoms with E-state index >= 15 is 0 Å². The lowest BCUT2D eigenvalue weighted by Gasteiger charge is -2.39. The zero-order chi connectivity index (χ0) is 29.6. The lowest BCUT2D eigenvalue weighted by atomic mass is 9.83. The molecule has 5 rings (SSSR count). The van der Waals surface area contributed by atoms with Gasteiger partial charge in [-0.05, 0) is 61.2 Å². The van der Waals surface area contributed by atoms with Crippen molar-refractivity contribution in [2.75, 3.05) is 18.8 Å². The van der Waals surface area contributed by atoms with Gasteiger partial charge in [-0.1, -0.05) is 44.2 Å². The molecule has 1 fully saturated rings. The average Bonchev–Trinajstić information content (AvgIpc) is 2.92. The molecule has 3 aromatic rings. The second-order valence-electron chi connectivity index (χ2n) is 11.2. The van der Waals surface area contributed by atoms with Gasteiger partial charge in [0.05, 0.1) is 27.7 Å². The van der Waals surface area contributed by atoms with Crippen LogP contribution in [0.3, 0.4) is 0 Å². The van der Waals surface area contributed by atoms with Crippen LogP contribution in [0.25, 0.3) is 27.9 Å². The molecule has 0 saturated carbocycles. The maximum atomic E-state index is 14.0. The molecule has 0 unspecified atom stereocenters. The Kier molecular flexibility index (Phi) is 7.50. The Hall–Kier alpha value is -4.35. The van der Waals surface area contributed by atoms with Gasteiger partial charge in [0.15, 0.2) is 0 Å². The van der Waals surface area contributed by atoms with Crippen molar-refractivity contribution in [3.05, 3.63) is 92.0 Å². The molecule has 8 nitrogen and oxygen atoms in total. The maximum Gasteiger partial charge on any atom is 0.321 e. The molecular weight excluding hydrogens is 538 g/mol. The van der Waals surface area contributed by atoms with Gasteiger partial charge in [-0.3, -0.25) is 19.0 Å². The number of likely N-dealkylation sites (tertiary alicyclic amines) is 1. The van der Waals surface area contributed by atoms with Crippen LogP contribution < -0.4 is 16.9 Å². The van der Waals surface area contributed by atoms with Crippen LogP contribution in [-0.2, 0) is 11.3 Å². The van der Waals surface area contributed by atoms with Crippen LogP contribution in [0.15, 0.2) is 70.3 Å². The van der Waals surface area contributed by atoms with Crippen molar-refractivity contribution in [2.45, 2.75) is 33.7 Å². The number of rotatable bonds is 6. The Bertz CT molecular complexity index is 1820. The highest BCUT2D eigenvalue weighted by atomic mass is 35.5. The molecule has 1 aliphatic heterocycles. The molecule has 41 heavy (non-hydrogen) atoms. The van der Waals surface area contributed by atoms with E-state index in [9.17, 15) is 19.6 Å². The molecule has 2 aliphatic rings. The highest BCUT2D eigenvalue weighted by molar-refractivity contribution is 6.34. The highest BCUT2D eigenvalue weighted by Gasteiger charge is 2.32. The Balaban J connectivity index is 1.80. The van der Waals surface area contributed by atoms with Crippen molar-refractivity contribution in [1.29, 1.82) is 5.26 Å². The fraction of sp³-hybridized carbons (Fsp3) is 0.312. The number of fused-ring (bicyclic) bond motifs is 1. The number of benzene rings is 2. The van der Waals surface area contributed by atoms with Gasteiger partial charge in [0.25, 0.3) is 0 Å². The molecule has 2 N–H and O–H groups in total. The van der Waals surface area contributed by atoms with Crippen molar-refractivity contribution in [1.82, 2.24) is 14.0 Å². The second kappa shape index (κ2) is 10.9. The summed E-state index contributed by atoms with van der Waals surface area (Å²) in [5.74, 6) is 0.0602. The summed E-state index contributed by atoms with van der Waals surface area (Å²) in [5, 5.41) is 10.1. The first-order valence-corrected chi connectivity index (χ1v) is 14.0. The zero-order valence-corrected chi connectivity index (χ0v) is 24.1. The first kappa shape index (κ1) is 28.2. The molecule has 0 radical (unpaired) electrons. The molecule has 2 aromatic carbocycles. The van der Waals surface area contributed by atoms with Crippen LogP contribution >= 0.6 is 11.6 Å². The van der Waals surface area contributed by atoms with E-state index in [1.165, 1.54) is 10.6 Å². The normalized spacial score (nSPS) is 17.2. The van der Waals surface area contributed by atoms with Crippen molar-refractivity contribution in [2.24, 2.45) is 17.8 Å². The largest absolute Gasteiger partial charge is 0.399 e. The van der Waals surface area contributed by atoms with E-state index in [-0.39, 0.29) is 30.2 Å². The number of nitrogens with two attached hydrogens (primary N) is 1. The average molecular weight is 570 g/mol. The van der Waals surface area contributed by atoms with Gasteiger partial charge in [-0.2, -0.15) is 5.26 Å². The van der Waals surface area contributed by atoms with Gasteiger partial charge in [-0.15, -0.1) is 0 Å². The predicted octanol–water partition coefficient (Wildman–Crippen LogP) is 5.04. The van der Waals surface area contributed by atoms with Crippen LogP contribution in [0, 0.1) is 29.1 Å². The van der Waals surface area contributed by atoms with Crippen LogP contribution in [0.1, 0.15) is 32.8 Å². The van der Waals surface area contributed by atoms with Gasteiger partial charge in [0.1, 0.15) is 0 Å². The summed E-state index contributed by atoms with van der Waals surface area (Å²) in [6, 6.07) is 10.7.